The molecule has 1 aromatic heterocycles. The lowest BCUT2D eigenvalue weighted by Gasteiger charge is -2.26. The number of aromatic carboxylic acids is 1. The van der Waals surface area contributed by atoms with Gasteiger partial charge in [0.2, 0.25) is 0 Å². The van der Waals surface area contributed by atoms with E-state index in [0.29, 0.717) is 6.61 Å². The predicted octanol–water partition coefficient (Wildman–Crippen LogP) is 0.476. The van der Waals surface area contributed by atoms with E-state index in [1.807, 2.05) is 0 Å². The number of aliphatic hydroxyl groups is 1. The quantitative estimate of drug-likeness (QED) is 0.750. The van der Waals surface area contributed by atoms with E-state index in [0.717, 1.165) is 39.1 Å². The number of carboxylic acids is 1. The summed E-state index contributed by atoms with van der Waals surface area (Å²) in [6.07, 6.45) is 3.81. The van der Waals surface area contributed by atoms with Gasteiger partial charge in [0.15, 0.2) is 0 Å². The summed E-state index contributed by atoms with van der Waals surface area (Å²) in [5, 5.41) is 20.2. The first kappa shape index (κ1) is 18.8. The molecule has 0 atom stereocenters. The molecule has 3 N–H and O–H groups in total. The molecule has 20 heavy (non-hydrogen) atoms. The number of aliphatic hydroxyl groups excluding tert-OH is 1. The summed E-state index contributed by atoms with van der Waals surface area (Å²) in [5.74, 6) is -0.919. The Bertz CT molecular complexity index is 359. The largest absolute Gasteiger partial charge is 0.478 e. The zero-order chi connectivity index (χ0) is 13.9. The maximum Gasteiger partial charge on any atom is 0.335 e. The fraction of sp³-hybridized carbons (Fsp3) is 0.538. The van der Waals surface area contributed by atoms with Gasteiger partial charge in [-0.3, -0.25) is 4.98 Å². The standard InChI is InChI=1S/C7H16N2O.C6H5NO2.ClH/c10-7-1-4-9-5-2-8-3-6-9;8-6(9)5-1-3-7-4-2-5;/h8,10H,1-7H2;1-4H,(H,8,9);1H. The average molecular weight is 304 g/mol. The molecule has 0 saturated carbocycles. The van der Waals surface area contributed by atoms with E-state index in [9.17, 15) is 4.79 Å². The Kier molecular flexibility index (Phi) is 10.9. The molecule has 0 aromatic carbocycles. The first-order valence-corrected chi connectivity index (χ1v) is 6.41. The Morgan fingerprint density at radius 2 is 1.90 bits per heavy atom. The molecule has 1 aliphatic heterocycles. The van der Waals surface area contributed by atoms with Crippen molar-refractivity contribution in [3.63, 3.8) is 0 Å². The third-order valence-corrected chi connectivity index (χ3v) is 2.77. The van der Waals surface area contributed by atoms with Gasteiger partial charge in [0.25, 0.3) is 0 Å². The molecule has 6 nitrogen and oxygen atoms in total. The van der Waals surface area contributed by atoms with Crippen molar-refractivity contribution in [3.05, 3.63) is 30.1 Å². The zero-order valence-corrected chi connectivity index (χ0v) is 12.2. The number of hydrogen-bond acceptors (Lipinski definition) is 5. The first-order chi connectivity index (χ1) is 9.24. The van der Waals surface area contributed by atoms with Crippen LogP contribution in [0.15, 0.2) is 24.5 Å². The van der Waals surface area contributed by atoms with Crippen LogP contribution in [0.5, 0.6) is 0 Å². The molecule has 2 heterocycles. The van der Waals surface area contributed by atoms with Gasteiger partial charge in [0.1, 0.15) is 0 Å². The number of pyridine rings is 1. The summed E-state index contributed by atoms with van der Waals surface area (Å²) in [6.45, 7) is 5.86. The number of nitrogens with zero attached hydrogens (tertiary/aromatic N) is 2. The van der Waals surface area contributed by atoms with E-state index in [1.165, 1.54) is 24.5 Å². The molecule has 7 heteroatoms. The predicted molar refractivity (Wildman–Crippen MR) is 79.5 cm³/mol. The van der Waals surface area contributed by atoms with E-state index >= 15 is 0 Å². The Labute approximate surface area is 125 Å². The number of hydrogen-bond donors (Lipinski definition) is 3. The van der Waals surface area contributed by atoms with E-state index in [1.54, 1.807) is 0 Å². The minimum atomic E-state index is -0.919. The van der Waals surface area contributed by atoms with Crippen LogP contribution in [0.2, 0.25) is 0 Å². The third-order valence-electron chi connectivity index (χ3n) is 2.77. The van der Waals surface area contributed by atoms with Crippen molar-refractivity contribution < 1.29 is 15.0 Å². The normalized spacial score (nSPS) is 14.7. The number of carbonyl (C=O) groups is 1. The molecule has 0 radical (unpaired) electrons. The van der Waals surface area contributed by atoms with Crippen LogP contribution in [-0.2, 0) is 0 Å². The molecule has 1 saturated heterocycles. The van der Waals surface area contributed by atoms with Crippen molar-refractivity contribution in [2.75, 3.05) is 39.3 Å². The Balaban J connectivity index is 0.000000345. The van der Waals surface area contributed by atoms with Gasteiger partial charge in [-0.1, -0.05) is 0 Å². The van der Waals surface area contributed by atoms with Gasteiger partial charge in [-0.05, 0) is 18.6 Å². The van der Waals surface area contributed by atoms with Gasteiger partial charge in [0.05, 0.1) is 5.56 Å². The van der Waals surface area contributed by atoms with Crippen molar-refractivity contribution in [2.45, 2.75) is 6.42 Å². The maximum absolute atomic E-state index is 10.2. The second-order valence-corrected chi connectivity index (χ2v) is 4.21. The van der Waals surface area contributed by atoms with Crippen molar-refractivity contribution in [1.82, 2.24) is 15.2 Å². The highest BCUT2D eigenvalue weighted by molar-refractivity contribution is 5.87. The van der Waals surface area contributed by atoms with Crippen LogP contribution < -0.4 is 5.32 Å². The molecule has 114 valence electrons. The highest BCUT2D eigenvalue weighted by atomic mass is 35.5. The van der Waals surface area contributed by atoms with Crippen LogP contribution in [0.1, 0.15) is 16.8 Å². The molecular formula is C13H22ClN3O3. The Morgan fingerprint density at radius 3 is 2.35 bits per heavy atom. The van der Waals surface area contributed by atoms with E-state index in [-0.39, 0.29) is 18.0 Å². The highest BCUT2D eigenvalue weighted by Crippen LogP contribution is 1.93. The van der Waals surface area contributed by atoms with Crippen molar-refractivity contribution in [1.29, 1.82) is 0 Å². The first-order valence-electron chi connectivity index (χ1n) is 6.41. The number of nitrogens with one attached hydrogen (secondary N) is 1. The minimum absolute atomic E-state index is 0. The van der Waals surface area contributed by atoms with Crippen LogP contribution in [-0.4, -0.2) is 65.4 Å². The summed E-state index contributed by atoms with van der Waals surface area (Å²) < 4.78 is 0. The third kappa shape index (κ3) is 8.06. The molecule has 0 bridgehead atoms. The molecule has 2 rings (SSSR count). The monoisotopic (exact) mass is 303 g/mol. The number of piperazine rings is 1. The van der Waals surface area contributed by atoms with Crippen LogP contribution in [0.25, 0.3) is 0 Å². The summed E-state index contributed by atoms with van der Waals surface area (Å²) in [5.41, 5.74) is 0.269. The number of halogens is 1. The molecule has 1 fully saturated rings. The maximum atomic E-state index is 10.2. The lowest BCUT2D eigenvalue weighted by molar-refractivity contribution is 0.0696. The molecule has 1 aromatic rings. The SMILES string of the molecule is Cl.O=C(O)c1ccncc1.OCCCN1CCNCC1. The van der Waals surface area contributed by atoms with E-state index in [2.05, 4.69) is 15.2 Å². The summed E-state index contributed by atoms with van der Waals surface area (Å²) in [7, 11) is 0. The Morgan fingerprint density at radius 1 is 1.30 bits per heavy atom. The average Bonchev–Trinajstić information content (AvgIpc) is 2.48. The van der Waals surface area contributed by atoms with Gasteiger partial charge in [-0.25, -0.2) is 4.79 Å². The molecular weight excluding hydrogens is 282 g/mol. The van der Waals surface area contributed by atoms with Crippen molar-refractivity contribution in [2.24, 2.45) is 0 Å². The molecule has 0 spiro atoms. The minimum Gasteiger partial charge on any atom is -0.478 e. The highest BCUT2D eigenvalue weighted by Gasteiger charge is 2.07. The summed E-state index contributed by atoms with van der Waals surface area (Å²) in [6, 6.07) is 2.89. The van der Waals surface area contributed by atoms with Crippen molar-refractivity contribution >= 4 is 18.4 Å². The van der Waals surface area contributed by atoms with Gasteiger partial charge >= 0.3 is 5.97 Å². The summed E-state index contributed by atoms with van der Waals surface area (Å²) >= 11 is 0. The number of aromatic nitrogens is 1. The molecule has 0 aliphatic carbocycles. The van der Waals surface area contributed by atoms with E-state index < -0.39 is 5.97 Å². The summed E-state index contributed by atoms with van der Waals surface area (Å²) in [4.78, 5) is 16.2. The fourth-order valence-electron chi connectivity index (χ4n) is 1.72. The molecule has 1 aliphatic rings. The Hall–Kier alpha value is -1.21. The zero-order valence-electron chi connectivity index (χ0n) is 11.4. The van der Waals surface area contributed by atoms with Gasteiger partial charge < -0.3 is 20.4 Å². The van der Waals surface area contributed by atoms with Gasteiger partial charge in [0, 0.05) is 51.7 Å². The second-order valence-electron chi connectivity index (χ2n) is 4.21. The second kappa shape index (κ2) is 11.6. The van der Waals surface area contributed by atoms with Crippen molar-refractivity contribution in [3.8, 4) is 0 Å². The lowest BCUT2D eigenvalue weighted by atomic mass is 10.3. The van der Waals surface area contributed by atoms with Crippen LogP contribution >= 0.6 is 12.4 Å². The van der Waals surface area contributed by atoms with Gasteiger partial charge in [-0.2, -0.15) is 0 Å². The topological polar surface area (TPSA) is 85.7 Å². The molecule has 0 amide bonds. The lowest BCUT2D eigenvalue weighted by Crippen LogP contribution is -2.43. The fourth-order valence-corrected chi connectivity index (χ4v) is 1.72. The molecule has 0 unspecified atom stereocenters. The van der Waals surface area contributed by atoms with Crippen LogP contribution in [0.4, 0.5) is 0 Å². The van der Waals surface area contributed by atoms with E-state index in [4.69, 9.17) is 10.2 Å². The van der Waals surface area contributed by atoms with Crippen LogP contribution in [0.3, 0.4) is 0 Å². The smallest absolute Gasteiger partial charge is 0.335 e. The number of rotatable bonds is 4. The van der Waals surface area contributed by atoms with Gasteiger partial charge in [-0.15, -0.1) is 12.4 Å². The number of carboxylic acid groups (broad SMARTS) is 1. The van der Waals surface area contributed by atoms with Crippen LogP contribution in [0, 0.1) is 0 Å².